The van der Waals surface area contributed by atoms with Gasteiger partial charge in [0.2, 0.25) is 0 Å². The lowest BCUT2D eigenvalue weighted by Gasteiger charge is -2.30. The molecule has 0 saturated carbocycles. The first-order valence-corrected chi connectivity index (χ1v) is 5.70. The van der Waals surface area contributed by atoms with Crippen molar-refractivity contribution in [2.45, 2.75) is 17.9 Å². The topological polar surface area (TPSA) is 12.0 Å². The highest BCUT2D eigenvalue weighted by Crippen LogP contribution is 2.38. The Morgan fingerprint density at radius 1 is 1.38 bits per heavy atom. The van der Waals surface area contributed by atoms with Crippen molar-refractivity contribution in [3.05, 3.63) is 29.8 Å². The zero-order valence-electron chi connectivity index (χ0n) is 8.08. The number of fused-ring (bicyclic) bond motifs is 1. The van der Waals surface area contributed by atoms with Gasteiger partial charge in [0.15, 0.2) is 0 Å². The third kappa shape index (κ3) is 1.61. The summed E-state index contributed by atoms with van der Waals surface area (Å²) >= 11 is 1.98. The lowest BCUT2D eigenvalue weighted by Crippen LogP contribution is -2.28. The first-order chi connectivity index (χ1) is 6.33. The predicted octanol–water partition coefficient (Wildman–Crippen LogP) is 2.69. The van der Waals surface area contributed by atoms with Crippen LogP contribution < -0.4 is 5.32 Å². The van der Waals surface area contributed by atoms with Crippen LogP contribution in [0.5, 0.6) is 0 Å². The Kier molecular flexibility index (Phi) is 2.61. The number of thioether (sulfide) groups is 1. The maximum atomic E-state index is 3.40. The van der Waals surface area contributed by atoms with Crippen LogP contribution in [-0.4, -0.2) is 12.8 Å². The fourth-order valence-electron chi connectivity index (χ4n) is 1.93. The summed E-state index contributed by atoms with van der Waals surface area (Å²) in [5, 5.41) is 3.40. The van der Waals surface area contributed by atoms with Crippen LogP contribution in [0.2, 0.25) is 0 Å². The maximum absolute atomic E-state index is 3.40. The molecule has 1 N–H and O–H groups in total. The Balaban J connectivity index is 2.39. The zero-order valence-corrected chi connectivity index (χ0v) is 8.90. The summed E-state index contributed by atoms with van der Waals surface area (Å²) in [4.78, 5) is 1.44. The van der Waals surface area contributed by atoms with Crippen molar-refractivity contribution < 1.29 is 0 Å². The quantitative estimate of drug-likeness (QED) is 0.736. The van der Waals surface area contributed by atoms with Crippen molar-refractivity contribution in [3.63, 3.8) is 0 Å². The van der Waals surface area contributed by atoms with Gasteiger partial charge >= 0.3 is 0 Å². The molecule has 1 aromatic carbocycles. The van der Waals surface area contributed by atoms with Gasteiger partial charge in [-0.3, -0.25) is 0 Å². The molecule has 0 aromatic heterocycles. The average molecular weight is 193 g/mol. The number of hydrogen-bond donors (Lipinski definition) is 1. The van der Waals surface area contributed by atoms with Crippen LogP contribution in [0.15, 0.2) is 29.2 Å². The van der Waals surface area contributed by atoms with Gasteiger partial charge in [0, 0.05) is 16.7 Å². The van der Waals surface area contributed by atoms with Gasteiger partial charge in [-0.1, -0.05) is 25.1 Å². The molecule has 0 amide bonds. The van der Waals surface area contributed by atoms with Crippen molar-refractivity contribution in [3.8, 4) is 0 Å². The van der Waals surface area contributed by atoms with Gasteiger partial charge in [-0.25, -0.2) is 0 Å². The predicted molar refractivity (Wildman–Crippen MR) is 58.1 cm³/mol. The van der Waals surface area contributed by atoms with Crippen LogP contribution >= 0.6 is 11.8 Å². The Bertz CT molecular complexity index is 298. The molecule has 70 valence electrons. The number of benzene rings is 1. The van der Waals surface area contributed by atoms with E-state index in [2.05, 4.69) is 36.5 Å². The van der Waals surface area contributed by atoms with Gasteiger partial charge in [-0.2, -0.15) is 0 Å². The van der Waals surface area contributed by atoms with Crippen molar-refractivity contribution in [2.24, 2.45) is 5.92 Å². The molecular formula is C11H15NS. The molecule has 2 heteroatoms. The SMILES string of the molecule is CNC1c2ccccc2SCC1C. The lowest BCUT2D eigenvalue weighted by molar-refractivity contribution is 0.437. The molecule has 0 radical (unpaired) electrons. The minimum atomic E-state index is 0.539. The van der Waals surface area contributed by atoms with Gasteiger partial charge in [0.05, 0.1) is 0 Å². The molecule has 1 aliphatic rings. The Labute approximate surface area is 83.9 Å². The second-order valence-corrected chi connectivity index (χ2v) is 4.65. The summed E-state index contributed by atoms with van der Waals surface area (Å²) in [6.07, 6.45) is 0. The summed E-state index contributed by atoms with van der Waals surface area (Å²) in [5.41, 5.74) is 1.47. The highest BCUT2D eigenvalue weighted by atomic mass is 32.2. The van der Waals surface area contributed by atoms with E-state index in [1.165, 1.54) is 16.2 Å². The van der Waals surface area contributed by atoms with E-state index in [1.54, 1.807) is 0 Å². The molecule has 1 aliphatic heterocycles. The normalized spacial score (nSPS) is 26.9. The molecule has 13 heavy (non-hydrogen) atoms. The second-order valence-electron chi connectivity index (χ2n) is 3.59. The summed E-state index contributed by atoms with van der Waals surface area (Å²) in [5.74, 6) is 1.95. The molecule has 1 heterocycles. The van der Waals surface area contributed by atoms with Crippen molar-refractivity contribution in [2.75, 3.05) is 12.8 Å². The van der Waals surface area contributed by atoms with E-state index >= 15 is 0 Å². The summed E-state index contributed by atoms with van der Waals surface area (Å²) < 4.78 is 0. The van der Waals surface area contributed by atoms with Crippen LogP contribution in [0, 0.1) is 5.92 Å². The minimum Gasteiger partial charge on any atom is -0.313 e. The van der Waals surface area contributed by atoms with Gasteiger partial charge < -0.3 is 5.32 Å². The van der Waals surface area contributed by atoms with Crippen LogP contribution in [-0.2, 0) is 0 Å². The Morgan fingerprint density at radius 3 is 2.92 bits per heavy atom. The van der Waals surface area contributed by atoms with Crippen LogP contribution in [0.3, 0.4) is 0 Å². The summed E-state index contributed by atoms with van der Waals surface area (Å²) in [6.45, 7) is 2.31. The fourth-order valence-corrected chi connectivity index (χ4v) is 3.10. The van der Waals surface area contributed by atoms with E-state index in [-0.39, 0.29) is 0 Å². The summed E-state index contributed by atoms with van der Waals surface area (Å²) in [6, 6.07) is 9.24. The molecule has 0 bridgehead atoms. The summed E-state index contributed by atoms with van der Waals surface area (Å²) in [7, 11) is 2.05. The average Bonchev–Trinajstić information content (AvgIpc) is 2.18. The standard InChI is InChI=1S/C11H15NS/c1-8-7-13-10-6-4-3-5-9(10)11(8)12-2/h3-6,8,11-12H,7H2,1-2H3. The molecule has 0 aliphatic carbocycles. The molecule has 1 nitrogen and oxygen atoms in total. The van der Waals surface area contributed by atoms with Gasteiger partial charge in [-0.05, 0) is 24.6 Å². The monoisotopic (exact) mass is 193 g/mol. The number of hydrogen-bond acceptors (Lipinski definition) is 2. The van der Waals surface area contributed by atoms with Crippen molar-refractivity contribution >= 4 is 11.8 Å². The Hall–Kier alpha value is -0.470. The molecule has 0 spiro atoms. The fraction of sp³-hybridized carbons (Fsp3) is 0.455. The first-order valence-electron chi connectivity index (χ1n) is 4.72. The Morgan fingerprint density at radius 2 is 2.15 bits per heavy atom. The highest BCUT2D eigenvalue weighted by Gasteiger charge is 2.24. The minimum absolute atomic E-state index is 0.539. The number of nitrogens with one attached hydrogen (secondary N) is 1. The molecule has 2 atom stereocenters. The molecule has 2 rings (SSSR count). The van der Waals surface area contributed by atoms with Gasteiger partial charge in [0.25, 0.3) is 0 Å². The van der Waals surface area contributed by atoms with Gasteiger partial charge in [-0.15, -0.1) is 11.8 Å². The zero-order chi connectivity index (χ0) is 9.26. The van der Waals surface area contributed by atoms with Crippen molar-refractivity contribution in [1.29, 1.82) is 0 Å². The second kappa shape index (κ2) is 3.72. The van der Waals surface area contributed by atoms with Crippen LogP contribution in [0.4, 0.5) is 0 Å². The van der Waals surface area contributed by atoms with E-state index in [0.717, 1.165) is 5.92 Å². The molecule has 0 fully saturated rings. The molecule has 1 aromatic rings. The number of rotatable bonds is 1. The van der Waals surface area contributed by atoms with E-state index in [4.69, 9.17) is 0 Å². The third-order valence-electron chi connectivity index (χ3n) is 2.64. The highest BCUT2D eigenvalue weighted by molar-refractivity contribution is 7.99. The maximum Gasteiger partial charge on any atom is 0.0362 e. The van der Waals surface area contributed by atoms with Gasteiger partial charge in [0.1, 0.15) is 0 Å². The largest absolute Gasteiger partial charge is 0.313 e. The van der Waals surface area contributed by atoms with E-state index in [9.17, 15) is 0 Å². The van der Waals surface area contributed by atoms with E-state index < -0.39 is 0 Å². The molecule has 2 unspecified atom stereocenters. The smallest absolute Gasteiger partial charge is 0.0362 e. The van der Waals surface area contributed by atoms with Crippen LogP contribution in [0.25, 0.3) is 0 Å². The lowest BCUT2D eigenvalue weighted by atomic mass is 9.95. The first kappa shape index (κ1) is 9.10. The van der Waals surface area contributed by atoms with Crippen molar-refractivity contribution in [1.82, 2.24) is 5.32 Å². The van der Waals surface area contributed by atoms with Crippen LogP contribution in [0.1, 0.15) is 18.5 Å². The third-order valence-corrected chi connectivity index (χ3v) is 4.01. The van der Waals surface area contributed by atoms with E-state index in [0.29, 0.717) is 6.04 Å². The van der Waals surface area contributed by atoms with E-state index in [1.807, 2.05) is 18.8 Å². The molecular weight excluding hydrogens is 178 g/mol. The molecule has 0 saturated heterocycles.